The van der Waals surface area contributed by atoms with Gasteiger partial charge in [0.1, 0.15) is 0 Å². The summed E-state index contributed by atoms with van der Waals surface area (Å²) in [4.78, 5) is 2.32. The second-order valence-electron chi connectivity index (χ2n) is 6.91. The molecule has 0 bridgehead atoms. The van der Waals surface area contributed by atoms with Gasteiger partial charge in [-0.3, -0.25) is 9.58 Å². The normalized spacial score (nSPS) is 23.4. The van der Waals surface area contributed by atoms with Gasteiger partial charge in [0.25, 0.3) is 0 Å². The van der Waals surface area contributed by atoms with Gasteiger partial charge < -0.3 is 4.74 Å². The maximum Gasteiger partial charge on any atom is 0.217 e. The first-order valence-corrected chi connectivity index (χ1v) is 10.5. The van der Waals surface area contributed by atoms with Crippen LogP contribution in [0.15, 0.2) is 0 Å². The van der Waals surface area contributed by atoms with Crippen molar-refractivity contribution in [1.29, 1.82) is 0 Å². The Balaban J connectivity index is 1.41. The number of nitrogens with zero attached hydrogens (tertiary/aromatic N) is 4. The number of fused-ring (bicyclic) bond motifs is 1. The smallest absolute Gasteiger partial charge is 0.217 e. The highest BCUT2D eigenvalue weighted by atomic mass is 32.2. The average molecular weight is 354 g/mol. The maximum atomic E-state index is 12.3. The van der Waals surface area contributed by atoms with Crippen molar-refractivity contribution in [3.63, 3.8) is 0 Å². The molecule has 3 aliphatic rings. The zero-order chi connectivity index (χ0) is 16.7. The van der Waals surface area contributed by atoms with Crippen molar-refractivity contribution in [1.82, 2.24) is 19.0 Å². The molecule has 0 radical (unpaired) electrons. The van der Waals surface area contributed by atoms with Gasteiger partial charge in [-0.15, -0.1) is 0 Å². The Kier molecular flexibility index (Phi) is 4.40. The van der Waals surface area contributed by atoms with Crippen LogP contribution in [0.4, 0.5) is 0 Å². The Morgan fingerprint density at radius 3 is 2.62 bits per heavy atom. The number of ether oxygens (including phenoxy) is 1. The molecule has 2 fully saturated rings. The van der Waals surface area contributed by atoms with Gasteiger partial charge in [-0.2, -0.15) is 9.40 Å². The Morgan fingerprint density at radius 2 is 1.96 bits per heavy atom. The van der Waals surface area contributed by atoms with Crippen LogP contribution in [0.3, 0.4) is 0 Å². The van der Waals surface area contributed by atoms with E-state index in [2.05, 4.69) is 16.5 Å². The van der Waals surface area contributed by atoms with E-state index in [-0.39, 0.29) is 5.25 Å². The monoisotopic (exact) mass is 354 g/mol. The minimum absolute atomic E-state index is 0.103. The fourth-order valence-corrected chi connectivity index (χ4v) is 5.52. The SMILES string of the molecule is CCn1nc(CN2CCN(S(=O)(=O)C3CC3)CC2)c2c1CCOC2. The molecule has 1 saturated carbocycles. The van der Waals surface area contributed by atoms with Crippen molar-refractivity contribution < 1.29 is 13.2 Å². The summed E-state index contributed by atoms with van der Waals surface area (Å²) in [6, 6.07) is 0. The Bertz CT molecular complexity index is 703. The topological polar surface area (TPSA) is 67.7 Å². The second kappa shape index (κ2) is 6.40. The third-order valence-corrected chi connectivity index (χ3v) is 7.69. The zero-order valence-corrected chi connectivity index (χ0v) is 15.1. The summed E-state index contributed by atoms with van der Waals surface area (Å²) in [7, 11) is -3.03. The maximum absolute atomic E-state index is 12.3. The molecule has 0 atom stereocenters. The van der Waals surface area contributed by atoms with E-state index in [1.54, 1.807) is 4.31 Å². The van der Waals surface area contributed by atoms with Gasteiger partial charge in [-0.1, -0.05) is 0 Å². The molecule has 134 valence electrons. The largest absolute Gasteiger partial charge is 0.376 e. The lowest BCUT2D eigenvalue weighted by Crippen LogP contribution is -2.49. The third kappa shape index (κ3) is 3.00. The molecule has 1 aliphatic carbocycles. The average Bonchev–Trinajstić information content (AvgIpc) is 3.40. The van der Waals surface area contributed by atoms with Crippen LogP contribution in [0, 0.1) is 0 Å². The Hall–Kier alpha value is -0.960. The van der Waals surface area contributed by atoms with Crippen LogP contribution in [0.25, 0.3) is 0 Å². The van der Waals surface area contributed by atoms with Crippen molar-refractivity contribution in [2.24, 2.45) is 0 Å². The lowest BCUT2D eigenvalue weighted by atomic mass is 10.1. The van der Waals surface area contributed by atoms with Crippen LogP contribution in [-0.2, 0) is 40.9 Å². The molecule has 0 aromatic carbocycles. The van der Waals surface area contributed by atoms with Gasteiger partial charge in [-0.25, -0.2) is 8.42 Å². The molecule has 0 N–H and O–H groups in total. The third-order valence-electron chi connectivity index (χ3n) is 5.29. The molecule has 4 rings (SSSR count). The van der Waals surface area contributed by atoms with Crippen LogP contribution in [-0.4, -0.2) is 65.4 Å². The van der Waals surface area contributed by atoms with E-state index in [4.69, 9.17) is 9.84 Å². The first-order valence-electron chi connectivity index (χ1n) is 8.96. The van der Waals surface area contributed by atoms with E-state index in [9.17, 15) is 8.42 Å². The Morgan fingerprint density at radius 1 is 1.21 bits per heavy atom. The number of sulfonamides is 1. The molecule has 3 heterocycles. The molecule has 1 aromatic heterocycles. The van der Waals surface area contributed by atoms with Gasteiger partial charge in [-0.05, 0) is 19.8 Å². The van der Waals surface area contributed by atoms with Crippen LogP contribution >= 0.6 is 0 Å². The summed E-state index contributed by atoms with van der Waals surface area (Å²) >= 11 is 0. The van der Waals surface area contributed by atoms with Crippen molar-refractivity contribution in [2.45, 2.75) is 51.1 Å². The van der Waals surface area contributed by atoms with E-state index < -0.39 is 10.0 Å². The molecule has 2 aliphatic heterocycles. The van der Waals surface area contributed by atoms with Gasteiger partial charge in [0, 0.05) is 56.9 Å². The first-order chi connectivity index (χ1) is 11.6. The molecule has 0 spiro atoms. The molecular weight excluding hydrogens is 328 g/mol. The van der Waals surface area contributed by atoms with E-state index in [0.29, 0.717) is 19.7 Å². The molecule has 1 saturated heterocycles. The van der Waals surface area contributed by atoms with Crippen LogP contribution < -0.4 is 0 Å². The summed E-state index contributed by atoms with van der Waals surface area (Å²) in [5.41, 5.74) is 3.66. The number of piperazine rings is 1. The number of aryl methyl sites for hydroxylation is 1. The van der Waals surface area contributed by atoms with E-state index >= 15 is 0 Å². The summed E-state index contributed by atoms with van der Waals surface area (Å²) in [5, 5.41) is 4.67. The fourth-order valence-electron chi connectivity index (χ4n) is 3.70. The fraction of sp³-hybridized carbons (Fsp3) is 0.812. The molecule has 24 heavy (non-hydrogen) atoms. The van der Waals surface area contributed by atoms with Crippen LogP contribution in [0.2, 0.25) is 0 Å². The minimum atomic E-state index is -3.03. The summed E-state index contributed by atoms with van der Waals surface area (Å²) < 4.78 is 34.0. The van der Waals surface area contributed by atoms with E-state index in [1.165, 1.54) is 11.3 Å². The van der Waals surface area contributed by atoms with E-state index in [0.717, 1.165) is 57.7 Å². The predicted molar refractivity (Wildman–Crippen MR) is 90.1 cm³/mol. The van der Waals surface area contributed by atoms with E-state index in [1.807, 2.05) is 0 Å². The van der Waals surface area contributed by atoms with Crippen molar-refractivity contribution in [3.05, 3.63) is 17.0 Å². The van der Waals surface area contributed by atoms with Crippen molar-refractivity contribution >= 4 is 10.0 Å². The number of hydrogen-bond donors (Lipinski definition) is 0. The summed E-state index contributed by atoms with van der Waals surface area (Å²) in [6.07, 6.45) is 2.61. The van der Waals surface area contributed by atoms with Gasteiger partial charge in [0.05, 0.1) is 24.2 Å². The quantitative estimate of drug-likeness (QED) is 0.774. The van der Waals surface area contributed by atoms with Crippen LogP contribution in [0.5, 0.6) is 0 Å². The molecule has 1 aromatic rings. The minimum Gasteiger partial charge on any atom is -0.376 e. The molecule has 7 nitrogen and oxygen atoms in total. The van der Waals surface area contributed by atoms with Crippen molar-refractivity contribution in [2.75, 3.05) is 32.8 Å². The van der Waals surface area contributed by atoms with Crippen molar-refractivity contribution in [3.8, 4) is 0 Å². The highest BCUT2D eigenvalue weighted by molar-refractivity contribution is 7.90. The van der Waals surface area contributed by atoms with Gasteiger partial charge in [0.15, 0.2) is 0 Å². The summed E-state index contributed by atoms with van der Waals surface area (Å²) in [6.45, 7) is 7.98. The number of aromatic nitrogens is 2. The predicted octanol–water partition coefficient (Wildman–Crippen LogP) is 0.586. The standard InChI is InChI=1S/C16H26N4O3S/c1-2-20-16-5-10-23-12-14(16)15(17-20)11-18-6-8-19(9-7-18)24(21,22)13-3-4-13/h13H,2-12H2,1H3. The number of rotatable bonds is 5. The second-order valence-corrected chi connectivity index (χ2v) is 9.12. The zero-order valence-electron chi connectivity index (χ0n) is 14.3. The lowest BCUT2D eigenvalue weighted by Gasteiger charge is -2.33. The molecule has 0 unspecified atom stereocenters. The molecule has 0 amide bonds. The molecule has 8 heteroatoms. The number of hydrogen-bond acceptors (Lipinski definition) is 5. The summed E-state index contributed by atoms with van der Waals surface area (Å²) in [5.74, 6) is 0. The Labute approximate surface area is 143 Å². The highest BCUT2D eigenvalue weighted by Crippen LogP contribution is 2.31. The highest BCUT2D eigenvalue weighted by Gasteiger charge is 2.41. The van der Waals surface area contributed by atoms with Gasteiger partial charge in [0.2, 0.25) is 10.0 Å². The van der Waals surface area contributed by atoms with Crippen LogP contribution in [0.1, 0.15) is 36.7 Å². The molecular formula is C16H26N4O3S. The lowest BCUT2D eigenvalue weighted by molar-refractivity contribution is 0.107. The van der Waals surface area contributed by atoms with Gasteiger partial charge >= 0.3 is 0 Å². The first kappa shape index (κ1) is 16.5.